The second-order valence-corrected chi connectivity index (χ2v) is 7.04. The minimum Gasteiger partial charge on any atom is -0.302 e. The third kappa shape index (κ3) is 4.88. The van der Waals surface area contributed by atoms with Gasteiger partial charge in [-0.2, -0.15) is 0 Å². The van der Waals surface area contributed by atoms with Crippen molar-refractivity contribution >= 4 is 34.0 Å². The van der Waals surface area contributed by atoms with Gasteiger partial charge in [0, 0.05) is 22.0 Å². The number of anilines is 1. The maximum absolute atomic E-state index is 13.0. The van der Waals surface area contributed by atoms with Crippen molar-refractivity contribution in [2.45, 2.75) is 13.0 Å². The van der Waals surface area contributed by atoms with Gasteiger partial charge in [-0.1, -0.05) is 23.7 Å². The van der Waals surface area contributed by atoms with E-state index in [1.807, 2.05) is 36.6 Å². The lowest BCUT2D eigenvalue weighted by molar-refractivity contribution is -0.115. The standard InChI is InChI=1S/C19H17ClFN3OS/c1-12(13-2-6-15(20)7-3-13)22-10-18(25)24-19-23-17(11-26-19)14-4-8-16(21)9-5-14/h2-9,11-12,22H,10H2,1H3,(H,23,24,25)/t12-/m1/s1. The first-order valence-corrected chi connectivity index (χ1v) is 9.27. The van der Waals surface area contributed by atoms with Gasteiger partial charge in [0.2, 0.25) is 5.91 Å². The van der Waals surface area contributed by atoms with Gasteiger partial charge in [-0.25, -0.2) is 9.37 Å². The fourth-order valence-electron chi connectivity index (χ4n) is 2.36. The minimum absolute atomic E-state index is 0.0177. The average Bonchev–Trinajstić information content (AvgIpc) is 3.09. The highest BCUT2D eigenvalue weighted by Crippen LogP contribution is 2.25. The van der Waals surface area contributed by atoms with E-state index in [9.17, 15) is 9.18 Å². The van der Waals surface area contributed by atoms with Gasteiger partial charge in [-0.05, 0) is 48.9 Å². The molecular weight excluding hydrogens is 373 g/mol. The summed E-state index contributed by atoms with van der Waals surface area (Å²) in [5.41, 5.74) is 2.56. The molecule has 2 aromatic carbocycles. The number of benzene rings is 2. The van der Waals surface area contributed by atoms with Crippen molar-refractivity contribution in [3.05, 3.63) is 70.3 Å². The molecule has 1 atom stereocenters. The van der Waals surface area contributed by atoms with E-state index in [-0.39, 0.29) is 24.3 Å². The Hall–Kier alpha value is -2.28. The van der Waals surface area contributed by atoms with Crippen LogP contribution in [-0.2, 0) is 4.79 Å². The number of rotatable bonds is 6. The molecule has 1 aromatic heterocycles. The summed E-state index contributed by atoms with van der Waals surface area (Å²) in [6.07, 6.45) is 0. The number of nitrogens with one attached hydrogen (secondary N) is 2. The second kappa shape index (κ2) is 8.40. The number of aromatic nitrogens is 1. The van der Waals surface area contributed by atoms with Crippen LogP contribution in [0.15, 0.2) is 53.9 Å². The predicted octanol–water partition coefficient (Wildman–Crippen LogP) is 4.89. The normalized spacial score (nSPS) is 12.0. The van der Waals surface area contributed by atoms with E-state index < -0.39 is 0 Å². The molecule has 1 heterocycles. The van der Waals surface area contributed by atoms with Gasteiger partial charge in [0.1, 0.15) is 5.82 Å². The van der Waals surface area contributed by atoms with Crippen molar-refractivity contribution < 1.29 is 9.18 Å². The first-order valence-electron chi connectivity index (χ1n) is 8.01. The zero-order valence-electron chi connectivity index (χ0n) is 14.0. The van der Waals surface area contributed by atoms with Crippen LogP contribution in [-0.4, -0.2) is 17.4 Å². The number of hydrogen-bond donors (Lipinski definition) is 2. The lowest BCUT2D eigenvalue weighted by Gasteiger charge is -2.13. The van der Waals surface area contributed by atoms with Crippen LogP contribution in [0.2, 0.25) is 5.02 Å². The minimum atomic E-state index is -0.293. The molecule has 0 radical (unpaired) electrons. The zero-order chi connectivity index (χ0) is 18.5. The summed E-state index contributed by atoms with van der Waals surface area (Å²) < 4.78 is 13.0. The third-order valence-electron chi connectivity index (χ3n) is 3.83. The predicted molar refractivity (Wildman–Crippen MR) is 104 cm³/mol. The number of carbonyl (C=O) groups excluding carboxylic acids is 1. The van der Waals surface area contributed by atoms with Crippen LogP contribution in [0.3, 0.4) is 0 Å². The molecule has 3 aromatic rings. The Morgan fingerprint density at radius 2 is 1.88 bits per heavy atom. The molecule has 0 aliphatic heterocycles. The Balaban J connectivity index is 1.53. The van der Waals surface area contributed by atoms with Crippen LogP contribution in [0.25, 0.3) is 11.3 Å². The Bertz CT molecular complexity index is 881. The summed E-state index contributed by atoms with van der Waals surface area (Å²) >= 11 is 7.21. The Morgan fingerprint density at radius 1 is 1.19 bits per heavy atom. The van der Waals surface area contributed by atoms with Crippen LogP contribution >= 0.6 is 22.9 Å². The lowest BCUT2D eigenvalue weighted by atomic mass is 10.1. The molecule has 0 spiro atoms. The summed E-state index contributed by atoms with van der Waals surface area (Å²) in [4.78, 5) is 16.5. The summed E-state index contributed by atoms with van der Waals surface area (Å²) in [5, 5.41) is 8.95. The molecule has 0 aliphatic rings. The van der Waals surface area contributed by atoms with Gasteiger partial charge in [0.05, 0.1) is 12.2 Å². The molecule has 3 rings (SSSR count). The monoisotopic (exact) mass is 389 g/mol. The molecule has 0 saturated heterocycles. The highest BCUT2D eigenvalue weighted by atomic mass is 35.5. The summed E-state index contributed by atoms with van der Waals surface area (Å²) in [6.45, 7) is 2.14. The van der Waals surface area contributed by atoms with E-state index in [1.165, 1.54) is 23.5 Å². The molecule has 0 fully saturated rings. The molecule has 0 saturated carbocycles. The molecule has 4 nitrogen and oxygen atoms in total. The van der Waals surface area contributed by atoms with E-state index in [1.54, 1.807) is 12.1 Å². The van der Waals surface area contributed by atoms with E-state index in [4.69, 9.17) is 11.6 Å². The lowest BCUT2D eigenvalue weighted by Crippen LogP contribution is -2.30. The van der Waals surface area contributed by atoms with Gasteiger partial charge in [-0.15, -0.1) is 11.3 Å². The molecule has 0 bridgehead atoms. The van der Waals surface area contributed by atoms with Crippen LogP contribution in [0, 0.1) is 5.82 Å². The molecule has 0 unspecified atom stereocenters. The number of hydrogen-bond acceptors (Lipinski definition) is 4. The first-order chi connectivity index (χ1) is 12.5. The van der Waals surface area contributed by atoms with Gasteiger partial charge >= 0.3 is 0 Å². The third-order valence-corrected chi connectivity index (χ3v) is 4.84. The van der Waals surface area contributed by atoms with Gasteiger partial charge in [0.25, 0.3) is 0 Å². The Labute approximate surface area is 160 Å². The topological polar surface area (TPSA) is 54.0 Å². The van der Waals surface area contributed by atoms with Gasteiger partial charge in [-0.3, -0.25) is 4.79 Å². The first kappa shape index (κ1) is 18.5. The van der Waals surface area contributed by atoms with E-state index in [2.05, 4.69) is 15.6 Å². The van der Waals surface area contributed by atoms with E-state index >= 15 is 0 Å². The quantitative estimate of drug-likeness (QED) is 0.631. The molecule has 7 heteroatoms. The molecule has 26 heavy (non-hydrogen) atoms. The summed E-state index contributed by atoms with van der Waals surface area (Å²) in [7, 11) is 0. The fraction of sp³-hybridized carbons (Fsp3) is 0.158. The Morgan fingerprint density at radius 3 is 2.58 bits per heavy atom. The molecule has 0 aliphatic carbocycles. The fourth-order valence-corrected chi connectivity index (χ4v) is 3.22. The van der Waals surface area contributed by atoms with Crippen LogP contribution in [0.1, 0.15) is 18.5 Å². The van der Waals surface area contributed by atoms with Crippen LogP contribution in [0.4, 0.5) is 9.52 Å². The van der Waals surface area contributed by atoms with Crippen molar-refractivity contribution in [1.29, 1.82) is 0 Å². The molecular formula is C19H17ClFN3OS. The number of carbonyl (C=O) groups is 1. The van der Waals surface area contributed by atoms with Gasteiger partial charge < -0.3 is 10.6 Å². The van der Waals surface area contributed by atoms with Crippen LogP contribution in [0.5, 0.6) is 0 Å². The van der Waals surface area contributed by atoms with Crippen molar-refractivity contribution in [3.63, 3.8) is 0 Å². The average molecular weight is 390 g/mol. The van der Waals surface area contributed by atoms with E-state index in [0.29, 0.717) is 15.8 Å². The van der Waals surface area contributed by atoms with Crippen molar-refractivity contribution in [2.24, 2.45) is 0 Å². The SMILES string of the molecule is C[C@@H](NCC(=O)Nc1nc(-c2ccc(F)cc2)cs1)c1ccc(Cl)cc1. The smallest absolute Gasteiger partial charge is 0.240 e. The van der Waals surface area contributed by atoms with Crippen molar-refractivity contribution in [3.8, 4) is 11.3 Å². The highest BCUT2D eigenvalue weighted by Gasteiger charge is 2.10. The van der Waals surface area contributed by atoms with E-state index in [0.717, 1.165) is 11.1 Å². The Kier molecular flexibility index (Phi) is 5.98. The molecule has 2 N–H and O–H groups in total. The summed E-state index contributed by atoms with van der Waals surface area (Å²) in [6, 6.07) is 13.6. The van der Waals surface area contributed by atoms with Crippen molar-refractivity contribution in [1.82, 2.24) is 10.3 Å². The largest absolute Gasteiger partial charge is 0.302 e. The van der Waals surface area contributed by atoms with Gasteiger partial charge in [0.15, 0.2) is 5.13 Å². The zero-order valence-corrected chi connectivity index (χ0v) is 15.6. The number of halogens is 2. The second-order valence-electron chi connectivity index (χ2n) is 5.75. The maximum Gasteiger partial charge on any atom is 0.240 e. The number of amides is 1. The highest BCUT2D eigenvalue weighted by molar-refractivity contribution is 7.14. The molecule has 134 valence electrons. The molecule has 1 amide bonds. The summed E-state index contributed by atoms with van der Waals surface area (Å²) in [5.74, 6) is -0.468. The number of thiazole rings is 1. The van der Waals surface area contributed by atoms with Crippen molar-refractivity contribution in [2.75, 3.05) is 11.9 Å². The van der Waals surface area contributed by atoms with Crippen LogP contribution < -0.4 is 10.6 Å². The maximum atomic E-state index is 13.0. The number of nitrogens with zero attached hydrogens (tertiary/aromatic N) is 1.